The molecule has 0 saturated heterocycles. The first-order valence-corrected chi connectivity index (χ1v) is 7.47. The monoisotopic (exact) mass is 317 g/mol. The fourth-order valence-corrected chi connectivity index (χ4v) is 2.90. The lowest BCUT2D eigenvalue weighted by atomic mass is 9.94. The van der Waals surface area contributed by atoms with Crippen molar-refractivity contribution in [3.05, 3.63) is 69.2 Å². The topological polar surface area (TPSA) is 12.0 Å². The molecule has 1 nitrogen and oxygen atoms in total. The first-order valence-electron chi connectivity index (χ1n) is 6.68. The molecule has 0 amide bonds. The molecule has 2 rings (SSSR count). The first-order chi connectivity index (χ1) is 9.11. The van der Waals surface area contributed by atoms with Crippen LogP contribution < -0.4 is 5.32 Å². The van der Waals surface area contributed by atoms with E-state index in [1.807, 2.05) is 0 Å². The van der Waals surface area contributed by atoms with Gasteiger partial charge in [0.2, 0.25) is 0 Å². The average Bonchev–Trinajstić information content (AvgIpc) is 2.37. The van der Waals surface area contributed by atoms with E-state index in [-0.39, 0.29) is 6.04 Å². The lowest BCUT2D eigenvalue weighted by molar-refractivity contribution is 0.627. The molecule has 1 atom stereocenters. The third-order valence-corrected chi connectivity index (χ3v) is 3.82. The minimum Gasteiger partial charge on any atom is -0.307 e. The molecule has 0 aliphatic rings. The largest absolute Gasteiger partial charge is 0.307 e. The summed E-state index contributed by atoms with van der Waals surface area (Å²) in [5.74, 6) is 0. The molecule has 1 N–H and O–H groups in total. The van der Waals surface area contributed by atoms with Gasteiger partial charge < -0.3 is 5.32 Å². The van der Waals surface area contributed by atoms with E-state index in [2.05, 4.69) is 84.5 Å². The smallest absolute Gasteiger partial charge is 0.0579 e. The summed E-state index contributed by atoms with van der Waals surface area (Å²) >= 11 is 3.53. The van der Waals surface area contributed by atoms with Crippen LogP contribution in [-0.4, -0.2) is 6.54 Å². The van der Waals surface area contributed by atoms with Crippen LogP contribution in [0.2, 0.25) is 0 Å². The Labute approximate surface area is 124 Å². The van der Waals surface area contributed by atoms with E-state index >= 15 is 0 Å². The van der Waals surface area contributed by atoms with Crippen molar-refractivity contribution in [3.63, 3.8) is 0 Å². The average molecular weight is 318 g/mol. The van der Waals surface area contributed by atoms with Gasteiger partial charge in [0.1, 0.15) is 0 Å². The molecule has 19 heavy (non-hydrogen) atoms. The predicted molar refractivity (Wildman–Crippen MR) is 85.6 cm³/mol. The molecule has 0 radical (unpaired) electrons. The molecular formula is C17H20BrN. The SMILES string of the molecule is CCNC(c1cccc(C)c1)c1ccc(Br)cc1C. The second-order valence-corrected chi connectivity index (χ2v) is 5.82. The molecule has 2 aromatic carbocycles. The van der Waals surface area contributed by atoms with E-state index in [9.17, 15) is 0 Å². The summed E-state index contributed by atoms with van der Waals surface area (Å²) in [6.07, 6.45) is 0. The number of halogens is 1. The Kier molecular flexibility index (Phi) is 4.78. The molecule has 1 unspecified atom stereocenters. The summed E-state index contributed by atoms with van der Waals surface area (Å²) < 4.78 is 1.13. The van der Waals surface area contributed by atoms with Crippen LogP contribution in [0.1, 0.15) is 35.2 Å². The third-order valence-electron chi connectivity index (χ3n) is 3.33. The van der Waals surface area contributed by atoms with E-state index in [1.54, 1.807) is 0 Å². The van der Waals surface area contributed by atoms with Crippen molar-refractivity contribution in [2.75, 3.05) is 6.54 Å². The van der Waals surface area contributed by atoms with Crippen molar-refractivity contribution in [1.29, 1.82) is 0 Å². The Balaban J connectivity index is 2.45. The van der Waals surface area contributed by atoms with Gasteiger partial charge in [0, 0.05) is 4.47 Å². The van der Waals surface area contributed by atoms with Crippen LogP contribution in [0.4, 0.5) is 0 Å². The first kappa shape index (κ1) is 14.3. The Morgan fingerprint density at radius 1 is 1.11 bits per heavy atom. The van der Waals surface area contributed by atoms with Crippen molar-refractivity contribution >= 4 is 15.9 Å². The number of benzene rings is 2. The summed E-state index contributed by atoms with van der Waals surface area (Å²) in [6, 6.07) is 15.5. The van der Waals surface area contributed by atoms with Crippen molar-refractivity contribution in [2.45, 2.75) is 26.8 Å². The molecule has 2 heteroatoms. The zero-order valence-electron chi connectivity index (χ0n) is 11.7. The van der Waals surface area contributed by atoms with E-state index in [1.165, 1.54) is 22.3 Å². The molecule has 100 valence electrons. The minimum atomic E-state index is 0.262. The summed E-state index contributed by atoms with van der Waals surface area (Å²) in [4.78, 5) is 0. The summed E-state index contributed by atoms with van der Waals surface area (Å²) in [5.41, 5.74) is 5.28. The Hall–Kier alpha value is -1.12. The van der Waals surface area contributed by atoms with Crippen LogP contribution in [0.25, 0.3) is 0 Å². The molecule has 0 saturated carbocycles. The van der Waals surface area contributed by atoms with Gasteiger partial charge in [-0.2, -0.15) is 0 Å². The zero-order chi connectivity index (χ0) is 13.8. The third kappa shape index (κ3) is 3.46. The molecule has 0 spiro atoms. The molecule has 0 aliphatic heterocycles. The van der Waals surface area contributed by atoms with Crippen molar-refractivity contribution < 1.29 is 0 Å². The van der Waals surface area contributed by atoms with Gasteiger partial charge in [-0.05, 0) is 49.2 Å². The number of aryl methyl sites for hydroxylation is 2. The van der Waals surface area contributed by atoms with Gasteiger partial charge in [0.05, 0.1) is 6.04 Å². The van der Waals surface area contributed by atoms with Crippen molar-refractivity contribution in [2.24, 2.45) is 0 Å². The second kappa shape index (κ2) is 6.36. The van der Waals surface area contributed by atoms with Gasteiger partial charge in [-0.3, -0.25) is 0 Å². The molecule has 0 heterocycles. The Morgan fingerprint density at radius 2 is 1.89 bits per heavy atom. The lowest BCUT2D eigenvalue weighted by Gasteiger charge is -2.21. The lowest BCUT2D eigenvalue weighted by Crippen LogP contribution is -2.22. The van der Waals surface area contributed by atoms with Gasteiger partial charge in [-0.15, -0.1) is 0 Å². The van der Waals surface area contributed by atoms with Crippen LogP contribution in [0.3, 0.4) is 0 Å². The maximum atomic E-state index is 3.59. The molecule has 0 aliphatic carbocycles. The molecule has 0 fully saturated rings. The fraction of sp³-hybridized carbons (Fsp3) is 0.294. The quantitative estimate of drug-likeness (QED) is 0.856. The molecule has 0 bridgehead atoms. The van der Waals surface area contributed by atoms with Crippen molar-refractivity contribution in [3.8, 4) is 0 Å². The van der Waals surface area contributed by atoms with Gasteiger partial charge in [0.15, 0.2) is 0 Å². The second-order valence-electron chi connectivity index (χ2n) is 4.91. The highest BCUT2D eigenvalue weighted by molar-refractivity contribution is 9.10. The Morgan fingerprint density at radius 3 is 2.53 bits per heavy atom. The number of nitrogens with one attached hydrogen (secondary N) is 1. The molecule has 0 aromatic heterocycles. The molecular weight excluding hydrogens is 298 g/mol. The Bertz CT molecular complexity index is 563. The van der Waals surface area contributed by atoms with Crippen LogP contribution in [-0.2, 0) is 0 Å². The van der Waals surface area contributed by atoms with Gasteiger partial charge in [-0.1, -0.05) is 58.7 Å². The fourth-order valence-electron chi connectivity index (χ4n) is 2.42. The highest BCUT2D eigenvalue weighted by Crippen LogP contribution is 2.27. The van der Waals surface area contributed by atoms with Crippen LogP contribution >= 0.6 is 15.9 Å². The molecule has 2 aromatic rings. The highest BCUT2D eigenvalue weighted by Gasteiger charge is 2.15. The maximum Gasteiger partial charge on any atom is 0.0579 e. The van der Waals surface area contributed by atoms with Gasteiger partial charge in [-0.25, -0.2) is 0 Å². The van der Waals surface area contributed by atoms with Gasteiger partial charge in [0.25, 0.3) is 0 Å². The van der Waals surface area contributed by atoms with Crippen LogP contribution in [0, 0.1) is 13.8 Å². The number of hydrogen-bond acceptors (Lipinski definition) is 1. The minimum absolute atomic E-state index is 0.262. The van der Waals surface area contributed by atoms with Crippen LogP contribution in [0.15, 0.2) is 46.9 Å². The van der Waals surface area contributed by atoms with Gasteiger partial charge >= 0.3 is 0 Å². The van der Waals surface area contributed by atoms with Crippen LogP contribution in [0.5, 0.6) is 0 Å². The van der Waals surface area contributed by atoms with E-state index in [0.717, 1.165) is 11.0 Å². The van der Waals surface area contributed by atoms with E-state index in [0.29, 0.717) is 0 Å². The van der Waals surface area contributed by atoms with E-state index < -0.39 is 0 Å². The standard InChI is InChI=1S/C17H20BrN/c1-4-19-17(14-7-5-6-12(2)10-14)16-9-8-15(18)11-13(16)3/h5-11,17,19H,4H2,1-3H3. The highest BCUT2D eigenvalue weighted by atomic mass is 79.9. The number of hydrogen-bond donors (Lipinski definition) is 1. The predicted octanol–water partition coefficient (Wildman–Crippen LogP) is 4.76. The zero-order valence-corrected chi connectivity index (χ0v) is 13.3. The maximum absolute atomic E-state index is 3.59. The van der Waals surface area contributed by atoms with E-state index in [4.69, 9.17) is 0 Å². The van der Waals surface area contributed by atoms with Crippen molar-refractivity contribution in [1.82, 2.24) is 5.32 Å². The summed E-state index contributed by atoms with van der Waals surface area (Å²) in [5, 5.41) is 3.59. The number of rotatable bonds is 4. The normalized spacial score (nSPS) is 12.4. The summed E-state index contributed by atoms with van der Waals surface area (Å²) in [7, 11) is 0. The summed E-state index contributed by atoms with van der Waals surface area (Å²) in [6.45, 7) is 7.41.